The van der Waals surface area contributed by atoms with Crippen molar-refractivity contribution in [3.05, 3.63) is 94.4 Å². The first-order chi connectivity index (χ1) is 20.6. The van der Waals surface area contributed by atoms with Crippen LogP contribution in [0, 0.1) is 11.6 Å². The van der Waals surface area contributed by atoms with E-state index < -0.39 is 31.7 Å². The minimum atomic E-state index is -2.00. The largest absolute Gasteiger partial charge is 0.487 e. The Kier molecular flexibility index (Phi) is 8.79. The molecule has 0 amide bonds. The fourth-order valence-corrected chi connectivity index (χ4v) is 6.71. The van der Waals surface area contributed by atoms with Gasteiger partial charge in [-0.15, -0.1) is 0 Å². The SMILES string of the molecule is C[C@@H]1Cc2c([nH]c3ccccc23)[C@@H](c2c(F)cc(OCc3ncccc3CO[Si](C)(C)C(C)(C)C)cc2F)N1CC(C)(C)F. The Balaban J connectivity index is 1.45. The van der Waals surface area contributed by atoms with E-state index in [9.17, 15) is 0 Å². The van der Waals surface area contributed by atoms with Gasteiger partial charge in [-0.05, 0) is 63.0 Å². The van der Waals surface area contributed by atoms with Gasteiger partial charge in [-0.25, -0.2) is 13.2 Å². The molecule has 0 bridgehead atoms. The van der Waals surface area contributed by atoms with Gasteiger partial charge in [0.2, 0.25) is 0 Å². The van der Waals surface area contributed by atoms with E-state index in [1.54, 1.807) is 6.20 Å². The van der Waals surface area contributed by atoms with Gasteiger partial charge < -0.3 is 14.1 Å². The van der Waals surface area contributed by atoms with Gasteiger partial charge in [0.05, 0.1) is 18.3 Å². The van der Waals surface area contributed by atoms with E-state index in [0.29, 0.717) is 24.4 Å². The lowest BCUT2D eigenvalue weighted by Gasteiger charge is -2.43. The average Bonchev–Trinajstić information content (AvgIpc) is 3.29. The molecule has 0 aliphatic carbocycles. The number of hydrogen-bond donors (Lipinski definition) is 1. The quantitative estimate of drug-likeness (QED) is 0.189. The summed E-state index contributed by atoms with van der Waals surface area (Å²) < 4.78 is 59.5. The van der Waals surface area contributed by atoms with Gasteiger partial charge in [-0.2, -0.15) is 0 Å². The summed E-state index contributed by atoms with van der Waals surface area (Å²) in [6.07, 6.45) is 2.31. The molecule has 1 N–H and O–H groups in total. The second-order valence-corrected chi connectivity index (χ2v) is 19.0. The number of aromatic nitrogens is 2. The fraction of sp³-hybridized carbons (Fsp3) is 0.457. The Hall–Kier alpha value is -3.14. The number of halogens is 3. The number of nitrogens with one attached hydrogen (secondary N) is 1. The highest BCUT2D eigenvalue weighted by Gasteiger charge is 2.41. The molecule has 0 radical (unpaired) electrons. The minimum Gasteiger partial charge on any atom is -0.487 e. The number of H-pyrrole nitrogens is 1. The molecule has 3 heterocycles. The Morgan fingerprint density at radius 1 is 1.00 bits per heavy atom. The molecular weight excluding hydrogens is 579 g/mol. The third-order valence-electron chi connectivity index (χ3n) is 9.16. The van der Waals surface area contributed by atoms with Crippen LogP contribution in [0.1, 0.15) is 75.7 Å². The van der Waals surface area contributed by atoms with Crippen molar-refractivity contribution < 1.29 is 22.3 Å². The summed E-state index contributed by atoms with van der Waals surface area (Å²) in [6.45, 7) is 16.3. The Bertz CT molecular complexity index is 1620. The monoisotopic (exact) mass is 623 g/mol. The number of pyridine rings is 1. The van der Waals surface area contributed by atoms with Crippen molar-refractivity contribution >= 4 is 19.2 Å². The summed E-state index contributed by atoms with van der Waals surface area (Å²) in [5.74, 6) is -1.43. The number of aromatic amines is 1. The molecule has 2 aromatic carbocycles. The molecule has 5 nitrogen and oxygen atoms in total. The van der Waals surface area contributed by atoms with Gasteiger partial charge in [0.15, 0.2) is 8.32 Å². The highest BCUT2D eigenvalue weighted by atomic mass is 28.4. The van der Waals surface area contributed by atoms with Crippen molar-refractivity contribution in [1.82, 2.24) is 14.9 Å². The van der Waals surface area contributed by atoms with Crippen molar-refractivity contribution in [2.75, 3.05) is 6.54 Å². The first-order valence-electron chi connectivity index (χ1n) is 15.3. The lowest BCUT2D eigenvalue weighted by Crippen LogP contribution is -2.48. The molecule has 236 valence electrons. The molecule has 0 fully saturated rings. The third kappa shape index (κ3) is 6.60. The molecule has 4 aromatic rings. The van der Waals surface area contributed by atoms with E-state index in [2.05, 4.69) is 43.8 Å². The molecule has 0 spiro atoms. The summed E-state index contributed by atoms with van der Waals surface area (Å²) in [5, 5.41) is 1.07. The predicted molar refractivity (Wildman–Crippen MR) is 172 cm³/mol. The Labute approximate surface area is 259 Å². The van der Waals surface area contributed by atoms with Crippen molar-refractivity contribution in [3.63, 3.8) is 0 Å². The van der Waals surface area contributed by atoms with E-state index in [0.717, 1.165) is 22.0 Å². The highest BCUT2D eigenvalue weighted by Crippen LogP contribution is 2.44. The normalized spacial score (nSPS) is 18.1. The van der Waals surface area contributed by atoms with Crippen LogP contribution in [-0.4, -0.2) is 41.4 Å². The van der Waals surface area contributed by atoms with E-state index in [4.69, 9.17) is 9.16 Å². The van der Waals surface area contributed by atoms with Crippen LogP contribution in [0.3, 0.4) is 0 Å². The first kappa shape index (κ1) is 32.3. The zero-order valence-corrected chi connectivity index (χ0v) is 28.0. The van der Waals surface area contributed by atoms with Crippen LogP contribution in [0.15, 0.2) is 54.7 Å². The maximum absolute atomic E-state index is 16.1. The number of fused-ring (bicyclic) bond motifs is 3. The van der Waals surface area contributed by atoms with E-state index >= 15 is 13.2 Å². The van der Waals surface area contributed by atoms with Crippen LogP contribution < -0.4 is 4.74 Å². The molecule has 0 saturated carbocycles. The van der Waals surface area contributed by atoms with Gasteiger partial charge in [0.25, 0.3) is 0 Å². The van der Waals surface area contributed by atoms with Crippen molar-refractivity contribution in [3.8, 4) is 5.75 Å². The number of benzene rings is 2. The first-order valence-corrected chi connectivity index (χ1v) is 18.2. The van der Waals surface area contributed by atoms with Gasteiger partial charge >= 0.3 is 0 Å². The maximum atomic E-state index is 16.1. The van der Waals surface area contributed by atoms with Crippen LogP contribution in [0.4, 0.5) is 13.2 Å². The lowest BCUT2D eigenvalue weighted by atomic mass is 9.87. The maximum Gasteiger partial charge on any atom is 0.192 e. The minimum absolute atomic E-state index is 0.0180. The highest BCUT2D eigenvalue weighted by molar-refractivity contribution is 6.74. The van der Waals surface area contributed by atoms with Gasteiger partial charge in [0, 0.05) is 58.6 Å². The molecule has 2 aromatic heterocycles. The summed E-state index contributed by atoms with van der Waals surface area (Å²) in [5.41, 5.74) is 2.43. The predicted octanol–water partition coefficient (Wildman–Crippen LogP) is 9.03. The average molecular weight is 624 g/mol. The molecular formula is C35H44F3N3O2Si. The molecule has 5 rings (SSSR count). The zero-order valence-electron chi connectivity index (χ0n) is 27.0. The molecule has 9 heteroatoms. The standard InChI is InChI=1S/C35H44F3N3O2Si/c1-22-16-26-25-13-9-10-14-29(25)40-32(26)33(41(22)21-35(5,6)38)31-27(36)17-24(18-28(31)37)42-20-30-23(12-11-15-39-30)19-43-44(7,8)34(2,3)4/h9-15,17-18,22,33,40H,16,19-21H2,1-8H3/t22-,33-/m1/s1. The van der Waals surface area contributed by atoms with Gasteiger partial charge in [-0.3, -0.25) is 9.88 Å². The molecule has 2 atom stereocenters. The number of ether oxygens (including phenoxy) is 1. The van der Waals surface area contributed by atoms with Crippen LogP contribution in [0.25, 0.3) is 10.9 Å². The summed E-state index contributed by atoms with van der Waals surface area (Å²) >= 11 is 0. The number of alkyl halides is 1. The van der Waals surface area contributed by atoms with Crippen molar-refractivity contribution in [2.45, 2.75) is 97.1 Å². The van der Waals surface area contributed by atoms with Crippen LogP contribution in [0.5, 0.6) is 5.75 Å². The van der Waals surface area contributed by atoms with Crippen LogP contribution >= 0.6 is 0 Å². The summed E-state index contributed by atoms with van der Waals surface area (Å²) in [6, 6.07) is 13.1. The fourth-order valence-electron chi connectivity index (χ4n) is 5.76. The number of hydrogen-bond acceptors (Lipinski definition) is 4. The van der Waals surface area contributed by atoms with Crippen molar-refractivity contribution in [1.29, 1.82) is 0 Å². The van der Waals surface area contributed by atoms with Crippen molar-refractivity contribution in [2.24, 2.45) is 0 Å². The number of nitrogens with zero attached hydrogens (tertiary/aromatic N) is 2. The molecule has 0 unspecified atom stereocenters. The molecule has 1 aliphatic rings. The van der Waals surface area contributed by atoms with Crippen LogP contribution in [0.2, 0.25) is 18.1 Å². The summed E-state index contributed by atoms with van der Waals surface area (Å²) in [4.78, 5) is 9.74. The Morgan fingerprint density at radius 3 is 2.34 bits per heavy atom. The third-order valence-corrected chi connectivity index (χ3v) is 13.6. The summed E-state index contributed by atoms with van der Waals surface area (Å²) in [7, 11) is -2.00. The molecule has 0 saturated heterocycles. The molecule has 1 aliphatic heterocycles. The smallest absolute Gasteiger partial charge is 0.192 e. The van der Waals surface area contributed by atoms with E-state index in [1.165, 1.54) is 26.0 Å². The second-order valence-electron chi connectivity index (χ2n) is 14.2. The van der Waals surface area contributed by atoms with Gasteiger partial charge in [-0.1, -0.05) is 45.0 Å². The molecule has 44 heavy (non-hydrogen) atoms. The van der Waals surface area contributed by atoms with E-state index in [-0.39, 0.29) is 35.5 Å². The topological polar surface area (TPSA) is 50.4 Å². The zero-order chi connectivity index (χ0) is 32.0. The Morgan fingerprint density at radius 2 is 1.68 bits per heavy atom. The van der Waals surface area contributed by atoms with Gasteiger partial charge in [0.1, 0.15) is 29.7 Å². The van der Waals surface area contributed by atoms with Crippen LogP contribution in [-0.2, 0) is 24.1 Å². The lowest BCUT2D eigenvalue weighted by molar-refractivity contribution is 0.0642. The number of para-hydroxylation sites is 1. The number of rotatable bonds is 9. The second kappa shape index (κ2) is 12.0. The van der Waals surface area contributed by atoms with E-state index in [1.807, 2.05) is 48.2 Å².